The molecular weight excluding hydrogens is 434 g/mol. The van der Waals surface area contributed by atoms with Crippen LogP contribution in [-0.4, -0.2) is 39.9 Å². The van der Waals surface area contributed by atoms with Crippen LogP contribution in [0.15, 0.2) is 17.5 Å². The molecule has 1 aliphatic heterocycles. The van der Waals surface area contributed by atoms with E-state index in [0.717, 1.165) is 36.5 Å². The molecule has 0 N–H and O–H groups in total. The van der Waals surface area contributed by atoms with Gasteiger partial charge in [0, 0.05) is 18.3 Å². The minimum absolute atomic E-state index is 0.0234. The number of carbonyl (C=O) groups is 1. The lowest BCUT2D eigenvalue weighted by Crippen LogP contribution is -2.51. The summed E-state index contributed by atoms with van der Waals surface area (Å²) in [6, 6.07) is 2.57. The zero-order valence-corrected chi connectivity index (χ0v) is 21.6. The molecule has 0 saturated heterocycles. The number of nitrogens with zero attached hydrogens (tertiary/aromatic N) is 5. The molecule has 6 heteroatoms. The summed E-state index contributed by atoms with van der Waals surface area (Å²) in [5, 5.41) is 20.2. The molecule has 0 spiro atoms. The van der Waals surface area contributed by atoms with E-state index in [4.69, 9.17) is 5.10 Å². The van der Waals surface area contributed by atoms with Crippen molar-refractivity contribution in [3.05, 3.63) is 18.0 Å². The van der Waals surface area contributed by atoms with Crippen molar-refractivity contribution in [2.24, 2.45) is 57.9 Å². The molecule has 5 aliphatic rings. The number of rotatable bonds is 4. The molecule has 4 aliphatic carbocycles. The molecule has 10 unspecified atom stereocenters. The Morgan fingerprint density at radius 2 is 2.00 bits per heavy atom. The highest BCUT2D eigenvalue weighted by molar-refractivity contribution is 5.84. The summed E-state index contributed by atoms with van der Waals surface area (Å²) < 4.78 is 2.22. The molecule has 6 rings (SSSR count). The largest absolute Gasteiger partial charge is 0.297 e. The predicted molar refractivity (Wildman–Crippen MR) is 135 cm³/mol. The minimum Gasteiger partial charge on any atom is -0.297 e. The second kappa shape index (κ2) is 8.75. The molecule has 1 aromatic heterocycles. The maximum absolute atomic E-state index is 13.8. The van der Waals surface area contributed by atoms with Crippen LogP contribution in [0, 0.1) is 71.0 Å². The summed E-state index contributed by atoms with van der Waals surface area (Å²) in [6.07, 6.45) is 16.2. The van der Waals surface area contributed by atoms with Gasteiger partial charge in [-0.05, 0) is 98.4 Å². The third kappa shape index (κ3) is 3.85. The van der Waals surface area contributed by atoms with Gasteiger partial charge < -0.3 is 0 Å². The van der Waals surface area contributed by atoms with Crippen molar-refractivity contribution < 1.29 is 4.79 Å². The fraction of sp³-hybridized carbons (Fsp3) is 0.793. The third-order valence-electron chi connectivity index (χ3n) is 11.0. The molecule has 4 fully saturated rings. The first kappa shape index (κ1) is 23.3. The van der Waals surface area contributed by atoms with Crippen LogP contribution in [0.25, 0.3) is 0 Å². The van der Waals surface area contributed by atoms with Crippen molar-refractivity contribution in [1.29, 1.82) is 5.26 Å². The second-order valence-electron chi connectivity index (χ2n) is 13.0. The van der Waals surface area contributed by atoms with Crippen LogP contribution in [-0.2, 0) is 4.79 Å². The zero-order valence-electron chi connectivity index (χ0n) is 21.6. The lowest BCUT2D eigenvalue weighted by molar-refractivity contribution is -0.132. The lowest BCUT2D eigenvalue weighted by Gasteiger charge is -2.56. The number of fused-ring (bicyclic) bond motifs is 5. The summed E-state index contributed by atoms with van der Waals surface area (Å²) in [4.78, 5) is 13.8. The zero-order chi connectivity index (χ0) is 24.3. The maximum Gasteiger partial charge on any atom is 0.157 e. The number of carbonyl (C=O) groups excluding carboxylic acids is 1. The molecule has 188 valence electrons. The van der Waals surface area contributed by atoms with Gasteiger partial charge in [0.05, 0.1) is 31.4 Å². The van der Waals surface area contributed by atoms with E-state index in [1.165, 1.54) is 44.1 Å². The summed E-state index contributed by atoms with van der Waals surface area (Å²) in [5.41, 5.74) is 1.23. The Morgan fingerprint density at radius 1 is 1.17 bits per heavy atom. The first-order valence-corrected chi connectivity index (χ1v) is 14.1. The Hall–Kier alpha value is -2.16. The first-order chi connectivity index (χ1) is 16.9. The van der Waals surface area contributed by atoms with Crippen LogP contribution in [0.5, 0.6) is 0 Å². The van der Waals surface area contributed by atoms with Gasteiger partial charge in [-0.1, -0.05) is 20.3 Å². The number of ketones is 1. The van der Waals surface area contributed by atoms with Crippen LogP contribution in [0.2, 0.25) is 0 Å². The standard InChI is InChI=1S/C29H41N5O/c1-18-4-6-22-21(10-18)5-7-24-23(22)8-9-29(3)25(27(35)17-33-16-20(12-30)14-31-33)11-26(28(24)29)34-15-19(2)13-32-34/h13-15,18,20-26,28H,4-11,16-17H2,1-3H3. The Morgan fingerprint density at radius 3 is 2.74 bits per heavy atom. The van der Waals surface area contributed by atoms with Gasteiger partial charge in [-0.15, -0.1) is 0 Å². The summed E-state index contributed by atoms with van der Waals surface area (Å²) in [7, 11) is 0. The van der Waals surface area contributed by atoms with Crippen molar-refractivity contribution in [3.63, 3.8) is 0 Å². The molecule has 0 radical (unpaired) electrons. The van der Waals surface area contributed by atoms with Gasteiger partial charge in [0.25, 0.3) is 0 Å². The molecule has 0 aromatic carbocycles. The van der Waals surface area contributed by atoms with Gasteiger partial charge in [-0.25, -0.2) is 0 Å². The number of hydrogen-bond acceptors (Lipinski definition) is 5. The monoisotopic (exact) mass is 475 g/mol. The van der Waals surface area contributed by atoms with Gasteiger partial charge in [0.15, 0.2) is 5.78 Å². The minimum atomic E-state index is -0.196. The molecule has 1 aromatic rings. The highest BCUT2D eigenvalue weighted by atomic mass is 16.1. The van der Waals surface area contributed by atoms with Gasteiger partial charge >= 0.3 is 0 Å². The van der Waals surface area contributed by atoms with Crippen molar-refractivity contribution >= 4 is 12.0 Å². The van der Waals surface area contributed by atoms with E-state index in [9.17, 15) is 10.1 Å². The highest BCUT2D eigenvalue weighted by Gasteiger charge is 2.62. The second-order valence-corrected chi connectivity index (χ2v) is 13.0. The first-order valence-electron chi connectivity index (χ1n) is 14.1. The van der Waals surface area contributed by atoms with Crippen LogP contribution in [0.4, 0.5) is 0 Å². The highest BCUT2D eigenvalue weighted by Crippen LogP contribution is 2.67. The number of hydrogen-bond donors (Lipinski definition) is 0. The van der Waals surface area contributed by atoms with Gasteiger partial charge in [0.2, 0.25) is 0 Å². The van der Waals surface area contributed by atoms with E-state index in [1.807, 2.05) is 11.2 Å². The van der Waals surface area contributed by atoms with E-state index in [2.05, 4.69) is 42.8 Å². The Kier molecular flexibility index (Phi) is 5.81. The third-order valence-corrected chi connectivity index (χ3v) is 11.0. The normalized spacial score (nSPS) is 44.4. The Bertz CT molecular complexity index is 1040. The molecule has 4 saturated carbocycles. The van der Waals surface area contributed by atoms with Gasteiger partial charge in [-0.3, -0.25) is 14.5 Å². The van der Waals surface area contributed by atoms with Crippen LogP contribution >= 0.6 is 0 Å². The Labute approximate surface area is 210 Å². The number of hydrazone groups is 1. The van der Waals surface area contributed by atoms with E-state index < -0.39 is 0 Å². The van der Waals surface area contributed by atoms with Crippen LogP contribution in [0.3, 0.4) is 0 Å². The average molecular weight is 476 g/mol. The van der Waals surface area contributed by atoms with Gasteiger partial charge in [-0.2, -0.15) is 15.5 Å². The van der Waals surface area contributed by atoms with Crippen molar-refractivity contribution in [1.82, 2.24) is 14.8 Å². The molecule has 6 nitrogen and oxygen atoms in total. The molecular formula is C29H41N5O. The SMILES string of the molecule is Cc1cnn(C2CC(C(=O)CN3CC(C#N)C=N3)C3(C)CCC4C5CCC(C)CC5CCC4C23)c1. The quantitative estimate of drug-likeness (QED) is 0.595. The fourth-order valence-corrected chi connectivity index (χ4v) is 9.50. The smallest absolute Gasteiger partial charge is 0.157 e. The Balaban J connectivity index is 1.29. The van der Waals surface area contributed by atoms with E-state index in [-0.39, 0.29) is 17.3 Å². The average Bonchev–Trinajstić information content (AvgIpc) is 3.55. The lowest BCUT2D eigenvalue weighted by atomic mass is 9.49. The molecule has 35 heavy (non-hydrogen) atoms. The molecule has 0 bridgehead atoms. The molecule has 10 atom stereocenters. The molecule has 0 amide bonds. The topological polar surface area (TPSA) is 74.3 Å². The fourth-order valence-electron chi connectivity index (χ4n) is 9.50. The number of Topliss-reactive ketones (excluding diaryl/α,β-unsaturated/α-hetero) is 1. The number of nitriles is 1. The summed E-state index contributed by atoms with van der Waals surface area (Å²) in [5.74, 6) is 4.93. The van der Waals surface area contributed by atoms with Crippen molar-refractivity contribution in [3.8, 4) is 6.07 Å². The number of aromatic nitrogens is 2. The van der Waals surface area contributed by atoms with Crippen LogP contribution < -0.4 is 0 Å². The van der Waals surface area contributed by atoms with Crippen molar-refractivity contribution in [2.45, 2.75) is 78.2 Å². The molecule has 2 heterocycles. The summed E-state index contributed by atoms with van der Waals surface area (Å²) in [6.45, 7) is 7.89. The van der Waals surface area contributed by atoms with Crippen molar-refractivity contribution in [2.75, 3.05) is 13.1 Å². The van der Waals surface area contributed by atoms with E-state index in [1.54, 1.807) is 6.21 Å². The number of aryl methyl sites for hydroxylation is 1. The maximum atomic E-state index is 13.8. The van der Waals surface area contributed by atoms with E-state index >= 15 is 0 Å². The van der Waals surface area contributed by atoms with Crippen LogP contribution in [0.1, 0.15) is 76.8 Å². The summed E-state index contributed by atoms with van der Waals surface area (Å²) >= 11 is 0. The van der Waals surface area contributed by atoms with E-state index in [0.29, 0.717) is 36.8 Å². The predicted octanol–water partition coefficient (Wildman–Crippen LogP) is 5.26. The van der Waals surface area contributed by atoms with Gasteiger partial charge in [0.1, 0.15) is 5.92 Å².